The van der Waals surface area contributed by atoms with Crippen LogP contribution in [0.25, 0.3) is 5.52 Å². The van der Waals surface area contributed by atoms with Crippen molar-refractivity contribution in [1.29, 1.82) is 0 Å². The van der Waals surface area contributed by atoms with Crippen molar-refractivity contribution in [3.8, 4) is 0 Å². The third-order valence-corrected chi connectivity index (χ3v) is 3.07. The first-order valence-corrected chi connectivity index (χ1v) is 5.88. The van der Waals surface area contributed by atoms with Crippen LogP contribution < -0.4 is 5.73 Å². The molecule has 0 fully saturated rings. The van der Waals surface area contributed by atoms with Gasteiger partial charge in [-0.05, 0) is 12.1 Å². The van der Waals surface area contributed by atoms with Crippen molar-refractivity contribution in [2.24, 2.45) is 0 Å². The maximum Gasteiger partial charge on any atom is 0.151 e. The summed E-state index contributed by atoms with van der Waals surface area (Å²) in [6.45, 7) is -0.741. The first kappa shape index (κ1) is 14.6. The third-order valence-electron chi connectivity index (χ3n) is 3.07. The Kier molecular flexibility index (Phi) is 4.16. The summed E-state index contributed by atoms with van der Waals surface area (Å²) >= 11 is 0. The molecule has 9 heteroatoms. The van der Waals surface area contributed by atoms with Crippen LogP contribution in [-0.2, 0) is 0 Å². The summed E-state index contributed by atoms with van der Waals surface area (Å²) in [5, 5.41) is 51.4. The minimum Gasteiger partial charge on any atom is -0.394 e. The molecule has 20 heavy (non-hydrogen) atoms. The van der Waals surface area contributed by atoms with E-state index in [-0.39, 0.29) is 11.5 Å². The van der Waals surface area contributed by atoms with Crippen LogP contribution in [0.5, 0.6) is 0 Å². The number of nitrogen functional groups attached to an aromatic ring is 1. The van der Waals surface area contributed by atoms with Gasteiger partial charge in [0.2, 0.25) is 0 Å². The van der Waals surface area contributed by atoms with Crippen LogP contribution >= 0.6 is 0 Å². The van der Waals surface area contributed by atoms with Crippen LogP contribution in [0.1, 0.15) is 11.8 Å². The monoisotopic (exact) mass is 284 g/mol. The fraction of sp³-hybridized carbons (Fsp3) is 0.455. The highest BCUT2D eigenvalue weighted by molar-refractivity contribution is 5.65. The van der Waals surface area contributed by atoms with Gasteiger partial charge in [0, 0.05) is 0 Å². The molecule has 7 N–H and O–H groups in total. The summed E-state index contributed by atoms with van der Waals surface area (Å²) in [4.78, 5) is 3.78. The number of aliphatic hydroxyl groups is 5. The van der Waals surface area contributed by atoms with Gasteiger partial charge in [-0.15, -0.1) is 0 Å². The average molecular weight is 284 g/mol. The quantitative estimate of drug-likeness (QED) is 0.349. The molecular weight excluding hydrogens is 268 g/mol. The number of hydrogen-bond acceptors (Lipinski definition) is 8. The Morgan fingerprint density at radius 3 is 2.50 bits per heavy atom. The standard InChI is InChI=1S/C11H16N4O5/c12-11-6-2-1-5(15(6)14-4-13-11)8(18)10(20)9(19)7(17)3-16/h1-2,4,7-10,16-20H,3H2,(H2,12,13,14)/t7?,8-,9?,10?/m0/s1. The second-order valence-corrected chi connectivity index (χ2v) is 4.38. The van der Waals surface area contributed by atoms with Crippen LogP contribution in [0.2, 0.25) is 0 Å². The van der Waals surface area contributed by atoms with Crippen molar-refractivity contribution in [2.45, 2.75) is 24.4 Å². The van der Waals surface area contributed by atoms with E-state index in [1.807, 2.05) is 0 Å². The summed E-state index contributed by atoms with van der Waals surface area (Å²) in [5.74, 6) is 0.198. The number of anilines is 1. The zero-order valence-electron chi connectivity index (χ0n) is 10.4. The first-order chi connectivity index (χ1) is 9.47. The molecule has 110 valence electrons. The van der Waals surface area contributed by atoms with Gasteiger partial charge in [-0.25, -0.2) is 9.50 Å². The van der Waals surface area contributed by atoms with Crippen molar-refractivity contribution < 1.29 is 25.5 Å². The first-order valence-electron chi connectivity index (χ1n) is 5.88. The molecule has 0 saturated carbocycles. The molecule has 2 heterocycles. The smallest absolute Gasteiger partial charge is 0.151 e. The van der Waals surface area contributed by atoms with Gasteiger partial charge in [-0.3, -0.25) is 0 Å². The predicted molar refractivity (Wildman–Crippen MR) is 67.5 cm³/mol. The van der Waals surface area contributed by atoms with E-state index in [0.717, 1.165) is 0 Å². The minimum atomic E-state index is -1.71. The van der Waals surface area contributed by atoms with Gasteiger partial charge in [-0.2, -0.15) is 5.10 Å². The molecule has 9 nitrogen and oxygen atoms in total. The third kappa shape index (κ3) is 2.44. The maximum absolute atomic E-state index is 10.1. The molecule has 2 rings (SSSR count). The summed E-state index contributed by atoms with van der Waals surface area (Å²) in [7, 11) is 0. The van der Waals surface area contributed by atoms with Crippen molar-refractivity contribution >= 4 is 11.3 Å². The Morgan fingerprint density at radius 1 is 1.15 bits per heavy atom. The largest absolute Gasteiger partial charge is 0.394 e. The second kappa shape index (κ2) is 5.69. The lowest BCUT2D eigenvalue weighted by Crippen LogP contribution is -2.43. The summed E-state index contributed by atoms with van der Waals surface area (Å²) in [6, 6.07) is 3.02. The molecule has 0 aliphatic rings. The molecule has 0 saturated heterocycles. The normalized spacial score (nSPS) is 17.9. The van der Waals surface area contributed by atoms with Gasteiger partial charge in [0.05, 0.1) is 12.3 Å². The molecule has 0 spiro atoms. The number of fused-ring (bicyclic) bond motifs is 1. The fourth-order valence-electron chi connectivity index (χ4n) is 1.89. The second-order valence-electron chi connectivity index (χ2n) is 4.38. The van der Waals surface area contributed by atoms with Crippen LogP contribution in [0, 0.1) is 0 Å². The van der Waals surface area contributed by atoms with Gasteiger partial charge in [0.1, 0.15) is 36.3 Å². The zero-order valence-corrected chi connectivity index (χ0v) is 10.4. The molecule has 2 aromatic heterocycles. The van der Waals surface area contributed by atoms with E-state index in [1.54, 1.807) is 6.07 Å². The molecule has 0 amide bonds. The average Bonchev–Trinajstić information content (AvgIpc) is 2.89. The number of aromatic nitrogens is 3. The van der Waals surface area contributed by atoms with Crippen molar-refractivity contribution in [1.82, 2.24) is 14.6 Å². The highest BCUT2D eigenvalue weighted by Gasteiger charge is 2.32. The predicted octanol–water partition coefficient (Wildman–Crippen LogP) is -2.58. The summed E-state index contributed by atoms with van der Waals surface area (Å²) < 4.78 is 1.27. The minimum absolute atomic E-state index is 0.172. The van der Waals surface area contributed by atoms with Crippen LogP contribution in [0.4, 0.5) is 5.82 Å². The number of aliphatic hydroxyl groups excluding tert-OH is 5. The molecule has 0 aliphatic carbocycles. The van der Waals surface area contributed by atoms with Crippen LogP contribution in [0.3, 0.4) is 0 Å². The number of nitrogens with zero attached hydrogens (tertiary/aromatic N) is 3. The number of rotatable bonds is 5. The van der Waals surface area contributed by atoms with Crippen molar-refractivity contribution in [2.75, 3.05) is 12.3 Å². The lowest BCUT2D eigenvalue weighted by atomic mass is 10.0. The SMILES string of the molecule is Nc1ncnn2c([C@H](O)C(O)C(O)C(O)CO)ccc12. The van der Waals surface area contributed by atoms with Crippen LogP contribution in [-0.4, -0.2) is 65.0 Å². The van der Waals surface area contributed by atoms with Gasteiger partial charge in [-0.1, -0.05) is 0 Å². The van der Waals surface area contributed by atoms with Gasteiger partial charge >= 0.3 is 0 Å². The van der Waals surface area contributed by atoms with Crippen molar-refractivity contribution in [3.05, 3.63) is 24.2 Å². The number of nitrogens with two attached hydrogens (primary N) is 1. The van der Waals surface area contributed by atoms with Gasteiger partial charge in [0.15, 0.2) is 5.82 Å². The lowest BCUT2D eigenvalue weighted by molar-refractivity contribution is -0.117. The van der Waals surface area contributed by atoms with E-state index in [1.165, 1.54) is 16.9 Å². The highest BCUT2D eigenvalue weighted by Crippen LogP contribution is 2.23. The van der Waals surface area contributed by atoms with E-state index < -0.39 is 31.0 Å². The molecule has 0 aromatic carbocycles. The van der Waals surface area contributed by atoms with E-state index in [2.05, 4.69) is 10.1 Å². The zero-order chi connectivity index (χ0) is 14.9. The Morgan fingerprint density at radius 2 is 1.85 bits per heavy atom. The Bertz CT molecular complexity index is 589. The van der Waals surface area contributed by atoms with Crippen molar-refractivity contribution in [3.63, 3.8) is 0 Å². The van der Waals surface area contributed by atoms with Gasteiger partial charge in [0.25, 0.3) is 0 Å². The summed E-state index contributed by atoms with van der Waals surface area (Å²) in [5.41, 5.74) is 6.24. The van der Waals surface area contributed by atoms with E-state index >= 15 is 0 Å². The van der Waals surface area contributed by atoms with E-state index in [4.69, 9.17) is 10.8 Å². The molecule has 3 unspecified atom stereocenters. The van der Waals surface area contributed by atoms with Gasteiger partial charge < -0.3 is 31.3 Å². The van der Waals surface area contributed by atoms with Crippen LogP contribution in [0.15, 0.2) is 18.5 Å². The van der Waals surface area contributed by atoms with E-state index in [0.29, 0.717) is 5.52 Å². The molecule has 0 bridgehead atoms. The maximum atomic E-state index is 10.1. The van der Waals surface area contributed by atoms with E-state index in [9.17, 15) is 20.4 Å². The topological polar surface area (TPSA) is 157 Å². The Balaban J connectivity index is 2.32. The molecule has 0 aliphatic heterocycles. The Hall–Kier alpha value is -1.78. The molecule has 0 radical (unpaired) electrons. The number of hydrogen-bond donors (Lipinski definition) is 6. The molecular formula is C11H16N4O5. The Labute approximate surface area is 113 Å². The fourth-order valence-corrected chi connectivity index (χ4v) is 1.89. The molecule has 2 aromatic rings. The molecule has 4 atom stereocenters. The summed E-state index contributed by atoms with van der Waals surface area (Å²) in [6.07, 6.45) is -5.32. The lowest BCUT2D eigenvalue weighted by Gasteiger charge is -2.25. The highest BCUT2D eigenvalue weighted by atomic mass is 16.4.